The lowest BCUT2D eigenvalue weighted by Crippen LogP contribution is -2.51. The second-order valence-corrected chi connectivity index (χ2v) is 7.55. The Labute approximate surface area is 180 Å². The number of nitrogens with zero attached hydrogens (tertiary/aromatic N) is 4. The maximum Gasteiger partial charge on any atom is 0.273 e. The average Bonchev–Trinajstić information content (AvgIpc) is 3.26. The molecule has 1 aliphatic heterocycles. The van der Waals surface area contributed by atoms with Crippen LogP contribution in [0.25, 0.3) is 0 Å². The van der Waals surface area contributed by atoms with Gasteiger partial charge in [-0.3, -0.25) is 9.59 Å². The van der Waals surface area contributed by atoms with Crippen LogP contribution in [0, 0.1) is 0 Å². The molecule has 2 amide bonds. The summed E-state index contributed by atoms with van der Waals surface area (Å²) in [5, 5.41) is 10.9. The molecule has 8 heteroatoms. The number of ether oxygens (including phenoxy) is 1. The average molecular weight is 419 g/mol. The maximum absolute atomic E-state index is 12.4. The van der Waals surface area contributed by atoms with E-state index in [1.54, 1.807) is 18.0 Å². The van der Waals surface area contributed by atoms with E-state index in [4.69, 9.17) is 4.74 Å². The van der Waals surface area contributed by atoms with E-state index in [2.05, 4.69) is 15.6 Å². The molecule has 1 aromatic heterocycles. The van der Waals surface area contributed by atoms with Gasteiger partial charge in [-0.25, -0.2) is 4.68 Å². The summed E-state index contributed by atoms with van der Waals surface area (Å²) in [6, 6.07) is 17.5. The van der Waals surface area contributed by atoms with Gasteiger partial charge in [-0.2, -0.15) is 0 Å². The van der Waals surface area contributed by atoms with Gasteiger partial charge in [-0.15, -0.1) is 5.10 Å². The molecule has 0 aliphatic carbocycles. The van der Waals surface area contributed by atoms with Crippen molar-refractivity contribution in [1.82, 2.24) is 25.2 Å². The predicted molar refractivity (Wildman–Crippen MR) is 115 cm³/mol. The van der Waals surface area contributed by atoms with Crippen LogP contribution in [-0.4, -0.2) is 51.9 Å². The Morgan fingerprint density at radius 2 is 1.81 bits per heavy atom. The molecule has 0 saturated carbocycles. The number of methoxy groups -OCH3 is 1. The number of carbonyl (C=O) groups excluding carboxylic acids is 2. The van der Waals surface area contributed by atoms with Crippen molar-refractivity contribution in [2.24, 2.45) is 0 Å². The Kier molecular flexibility index (Phi) is 6.26. The molecule has 0 spiro atoms. The molecular weight excluding hydrogens is 394 g/mol. The zero-order valence-corrected chi connectivity index (χ0v) is 17.4. The van der Waals surface area contributed by atoms with Gasteiger partial charge in [0.15, 0.2) is 5.69 Å². The number of hydrogen-bond acceptors (Lipinski definition) is 5. The van der Waals surface area contributed by atoms with Crippen LogP contribution in [0.15, 0.2) is 60.8 Å². The summed E-state index contributed by atoms with van der Waals surface area (Å²) in [6.45, 7) is 1.60. The first kappa shape index (κ1) is 20.6. The SMILES string of the molecule is COc1ccc(CCC(=O)N2CC(n3cc(C(=O)NCc4ccccc4)nn3)C2)cc1. The molecule has 0 atom stereocenters. The summed E-state index contributed by atoms with van der Waals surface area (Å²) in [5.74, 6) is 0.663. The van der Waals surface area contributed by atoms with Crippen LogP contribution in [0.1, 0.15) is 34.1 Å². The van der Waals surface area contributed by atoms with Crippen LogP contribution in [-0.2, 0) is 17.8 Å². The summed E-state index contributed by atoms with van der Waals surface area (Å²) < 4.78 is 6.82. The molecule has 1 saturated heterocycles. The number of aryl methyl sites for hydroxylation is 1. The van der Waals surface area contributed by atoms with Crippen molar-refractivity contribution in [2.75, 3.05) is 20.2 Å². The minimum Gasteiger partial charge on any atom is -0.497 e. The lowest BCUT2D eigenvalue weighted by atomic mass is 10.1. The summed E-state index contributed by atoms with van der Waals surface area (Å²) in [6.07, 6.45) is 2.80. The van der Waals surface area contributed by atoms with Crippen molar-refractivity contribution in [1.29, 1.82) is 0 Å². The fourth-order valence-corrected chi connectivity index (χ4v) is 3.46. The summed E-state index contributed by atoms with van der Waals surface area (Å²) >= 11 is 0. The first-order chi connectivity index (χ1) is 15.1. The number of carbonyl (C=O) groups is 2. The molecule has 2 aromatic carbocycles. The number of likely N-dealkylation sites (tertiary alicyclic amines) is 1. The van der Waals surface area contributed by atoms with Crippen LogP contribution >= 0.6 is 0 Å². The van der Waals surface area contributed by atoms with E-state index >= 15 is 0 Å². The van der Waals surface area contributed by atoms with E-state index in [-0.39, 0.29) is 23.6 Å². The number of benzene rings is 2. The smallest absolute Gasteiger partial charge is 0.273 e. The first-order valence-electron chi connectivity index (χ1n) is 10.3. The van der Waals surface area contributed by atoms with Gasteiger partial charge in [0.25, 0.3) is 5.91 Å². The summed E-state index contributed by atoms with van der Waals surface area (Å²) in [7, 11) is 1.63. The quantitative estimate of drug-likeness (QED) is 0.605. The van der Waals surface area contributed by atoms with Gasteiger partial charge in [0.1, 0.15) is 5.75 Å². The molecule has 2 heterocycles. The summed E-state index contributed by atoms with van der Waals surface area (Å²) in [4.78, 5) is 26.5. The van der Waals surface area contributed by atoms with Crippen LogP contribution in [0.2, 0.25) is 0 Å². The number of amides is 2. The molecule has 4 rings (SSSR count). The zero-order valence-electron chi connectivity index (χ0n) is 17.4. The highest BCUT2D eigenvalue weighted by Crippen LogP contribution is 2.22. The van der Waals surface area contributed by atoms with E-state index in [9.17, 15) is 9.59 Å². The van der Waals surface area contributed by atoms with E-state index in [1.165, 1.54) is 0 Å². The molecule has 3 aromatic rings. The predicted octanol–water partition coefficient (Wildman–Crippen LogP) is 2.23. The minimum atomic E-state index is -0.262. The fourth-order valence-electron chi connectivity index (χ4n) is 3.46. The monoisotopic (exact) mass is 419 g/mol. The normalized spacial score (nSPS) is 13.5. The Morgan fingerprint density at radius 3 is 2.52 bits per heavy atom. The van der Waals surface area contributed by atoms with E-state index < -0.39 is 0 Å². The molecule has 0 radical (unpaired) electrons. The standard InChI is InChI=1S/C23H25N5O3/c1-31-20-10-7-17(8-11-20)9-12-22(29)27-14-19(15-27)28-16-21(25-26-28)23(30)24-13-18-5-3-2-4-6-18/h2-8,10-11,16,19H,9,12-15H2,1H3,(H,24,30). The van der Waals surface area contributed by atoms with Crippen molar-refractivity contribution in [2.45, 2.75) is 25.4 Å². The third-order valence-electron chi connectivity index (χ3n) is 5.41. The van der Waals surface area contributed by atoms with Crippen molar-refractivity contribution in [3.8, 4) is 5.75 Å². The van der Waals surface area contributed by atoms with E-state index in [0.29, 0.717) is 32.5 Å². The Hall–Kier alpha value is -3.68. The molecule has 8 nitrogen and oxygen atoms in total. The van der Waals surface area contributed by atoms with Gasteiger partial charge >= 0.3 is 0 Å². The lowest BCUT2D eigenvalue weighted by Gasteiger charge is -2.39. The fraction of sp³-hybridized carbons (Fsp3) is 0.304. The van der Waals surface area contributed by atoms with Gasteiger partial charge in [0.2, 0.25) is 5.91 Å². The number of nitrogens with one attached hydrogen (secondary N) is 1. The maximum atomic E-state index is 12.4. The molecule has 1 aliphatic rings. The largest absolute Gasteiger partial charge is 0.497 e. The molecule has 31 heavy (non-hydrogen) atoms. The van der Waals surface area contributed by atoms with Gasteiger partial charge in [-0.1, -0.05) is 47.7 Å². The van der Waals surface area contributed by atoms with Crippen molar-refractivity contribution in [3.05, 3.63) is 77.6 Å². The second-order valence-electron chi connectivity index (χ2n) is 7.55. The van der Waals surface area contributed by atoms with E-state index in [0.717, 1.165) is 16.9 Å². The minimum absolute atomic E-state index is 0.0492. The zero-order chi connectivity index (χ0) is 21.6. The molecule has 1 fully saturated rings. The van der Waals surface area contributed by atoms with Crippen LogP contribution < -0.4 is 10.1 Å². The Bertz CT molecular complexity index is 1030. The third-order valence-corrected chi connectivity index (χ3v) is 5.41. The van der Waals surface area contributed by atoms with Crippen molar-refractivity contribution in [3.63, 3.8) is 0 Å². The van der Waals surface area contributed by atoms with Crippen LogP contribution in [0.5, 0.6) is 5.75 Å². The summed E-state index contributed by atoms with van der Waals surface area (Å²) in [5.41, 5.74) is 2.40. The number of aromatic nitrogens is 3. The molecule has 1 N–H and O–H groups in total. The van der Waals surface area contributed by atoms with E-state index in [1.807, 2.05) is 59.5 Å². The van der Waals surface area contributed by atoms with Crippen LogP contribution in [0.3, 0.4) is 0 Å². The molecule has 160 valence electrons. The van der Waals surface area contributed by atoms with Crippen molar-refractivity contribution < 1.29 is 14.3 Å². The van der Waals surface area contributed by atoms with Gasteiger partial charge < -0.3 is 15.0 Å². The highest BCUT2D eigenvalue weighted by molar-refractivity contribution is 5.91. The molecular formula is C23H25N5O3. The topological polar surface area (TPSA) is 89.4 Å². The lowest BCUT2D eigenvalue weighted by molar-refractivity contribution is -0.137. The van der Waals surface area contributed by atoms with Gasteiger partial charge in [0.05, 0.1) is 19.3 Å². The Balaban J connectivity index is 1.22. The highest BCUT2D eigenvalue weighted by Gasteiger charge is 2.32. The number of hydrogen-bond donors (Lipinski definition) is 1. The van der Waals surface area contributed by atoms with Gasteiger partial charge in [-0.05, 0) is 29.7 Å². The van der Waals surface area contributed by atoms with Gasteiger partial charge in [0, 0.05) is 26.1 Å². The first-order valence-corrected chi connectivity index (χ1v) is 10.3. The van der Waals surface area contributed by atoms with Crippen molar-refractivity contribution >= 4 is 11.8 Å². The van der Waals surface area contributed by atoms with Crippen LogP contribution in [0.4, 0.5) is 0 Å². The second kappa shape index (κ2) is 9.42. The third kappa shape index (κ3) is 5.09. The molecule has 0 bridgehead atoms. The number of rotatable bonds is 8. The molecule has 0 unspecified atom stereocenters. The Morgan fingerprint density at radius 1 is 1.06 bits per heavy atom. The highest BCUT2D eigenvalue weighted by atomic mass is 16.5.